The summed E-state index contributed by atoms with van der Waals surface area (Å²) in [5.74, 6) is -0.0483. The minimum absolute atomic E-state index is 0. The third kappa shape index (κ3) is 3.36. The Kier molecular flexibility index (Phi) is 6.20. The zero-order valence-corrected chi connectivity index (χ0v) is 14.5. The number of aryl methyl sites for hydroxylation is 1. The predicted molar refractivity (Wildman–Crippen MR) is 89.8 cm³/mol. The van der Waals surface area contributed by atoms with Crippen LogP contribution in [0, 0.1) is 13.8 Å². The van der Waals surface area contributed by atoms with Crippen LogP contribution in [0.1, 0.15) is 65.2 Å². The van der Waals surface area contributed by atoms with E-state index in [1.165, 1.54) is 6.92 Å². The first kappa shape index (κ1) is 18.7. The Morgan fingerprint density at radius 1 is 1.32 bits per heavy atom. The molecule has 1 aromatic heterocycles. The van der Waals surface area contributed by atoms with E-state index in [0.717, 1.165) is 37.1 Å². The van der Waals surface area contributed by atoms with Crippen molar-refractivity contribution in [1.29, 1.82) is 0 Å². The number of ketones is 1. The second kappa shape index (κ2) is 7.29. The number of carbonyl (C=O) groups is 2. The molecule has 2 heterocycles. The Balaban J connectivity index is 0.00000242. The van der Waals surface area contributed by atoms with Crippen molar-refractivity contribution >= 4 is 24.1 Å². The summed E-state index contributed by atoms with van der Waals surface area (Å²) in [7, 11) is 0. The molecule has 22 heavy (non-hydrogen) atoms. The van der Waals surface area contributed by atoms with E-state index in [1.807, 2.05) is 25.7 Å². The second-order valence-corrected chi connectivity index (χ2v) is 6.10. The zero-order chi connectivity index (χ0) is 15.7. The van der Waals surface area contributed by atoms with Gasteiger partial charge in [-0.05, 0) is 52.5 Å². The number of carbonyl (C=O) groups excluding carboxylic acids is 2. The monoisotopic (exact) mass is 327 g/mol. The zero-order valence-electron chi connectivity index (χ0n) is 13.7. The number of amides is 1. The molecule has 2 atom stereocenters. The Morgan fingerprint density at radius 3 is 2.45 bits per heavy atom. The van der Waals surface area contributed by atoms with Gasteiger partial charge in [0.05, 0.1) is 0 Å². The molecule has 0 saturated carbocycles. The van der Waals surface area contributed by atoms with Crippen molar-refractivity contribution in [2.75, 3.05) is 6.54 Å². The summed E-state index contributed by atoms with van der Waals surface area (Å²) in [4.78, 5) is 29.5. The maximum Gasteiger partial charge on any atom is 0.270 e. The van der Waals surface area contributed by atoms with Gasteiger partial charge in [-0.25, -0.2) is 0 Å². The molecule has 1 fully saturated rings. The molecule has 1 aromatic rings. The molecule has 2 rings (SSSR count). The van der Waals surface area contributed by atoms with E-state index in [9.17, 15) is 9.59 Å². The Hall–Kier alpha value is -1.33. The molecule has 6 heteroatoms. The fourth-order valence-corrected chi connectivity index (χ4v) is 3.39. The van der Waals surface area contributed by atoms with Gasteiger partial charge in [0.1, 0.15) is 5.69 Å². The van der Waals surface area contributed by atoms with E-state index < -0.39 is 0 Å². The highest BCUT2D eigenvalue weighted by Gasteiger charge is 2.32. The molecule has 0 bridgehead atoms. The molecule has 0 aromatic carbocycles. The number of rotatable bonds is 3. The Bertz CT molecular complexity index is 566. The van der Waals surface area contributed by atoms with Crippen LogP contribution < -0.4 is 5.73 Å². The van der Waals surface area contributed by atoms with Gasteiger partial charge in [0, 0.05) is 29.9 Å². The minimum atomic E-state index is -0.0436. The highest BCUT2D eigenvalue weighted by atomic mass is 35.5. The highest BCUT2D eigenvalue weighted by molar-refractivity contribution is 6.02. The molecular weight excluding hydrogens is 302 g/mol. The van der Waals surface area contributed by atoms with Crippen molar-refractivity contribution in [2.24, 2.45) is 5.73 Å². The maximum absolute atomic E-state index is 12.9. The number of piperidine rings is 1. The van der Waals surface area contributed by atoms with Crippen molar-refractivity contribution in [3.63, 3.8) is 0 Å². The highest BCUT2D eigenvalue weighted by Crippen LogP contribution is 2.25. The van der Waals surface area contributed by atoms with E-state index in [1.54, 1.807) is 0 Å². The van der Waals surface area contributed by atoms with E-state index >= 15 is 0 Å². The largest absolute Gasteiger partial charge is 0.354 e. The topological polar surface area (TPSA) is 79.2 Å². The second-order valence-electron chi connectivity index (χ2n) is 6.10. The normalized spacial score (nSPS) is 19.5. The van der Waals surface area contributed by atoms with Crippen molar-refractivity contribution in [2.45, 2.75) is 59.0 Å². The molecule has 0 aliphatic carbocycles. The predicted octanol–water partition coefficient (Wildman–Crippen LogP) is 2.60. The summed E-state index contributed by atoms with van der Waals surface area (Å²) in [6, 6.07) is 0.0351. The third-order valence-electron chi connectivity index (χ3n) is 4.42. The van der Waals surface area contributed by atoms with Gasteiger partial charge >= 0.3 is 0 Å². The summed E-state index contributed by atoms with van der Waals surface area (Å²) in [6.45, 7) is 7.88. The molecule has 0 radical (unpaired) electrons. The quantitative estimate of drug-likeness (QED) is 0.837. The molecule has 0 spiro atoms. The fraction of sp³-hybridized carbons (Fsp3) is 0.625. The number of hydrogen-bond acceptors (Lipinski definition) is 3. The van der Waals surface area contributed by atoms with Crippen molar-refractivity contribution in [3.05, 3.63) is 22.5 Å². The molecule has 1 amide bonds. The molecule has 1 saturated heterocycles. The van der Waals surface area contributed by atoms with Crippen LogP contribution in [0.5, 0.6) is 0 Å². The van der Waals surface area contributed by atoms with Gasteiger partial charge in [-0.1, -0.05) is 0 Å². The number of Topliss-reactive ketones (excluding diaryl/α,β-unsaturated/α-hetero) is 1. The minimum Gasteiger partial charge on any atom is -0.354 e. The number of hydrogen-bond donors (Lipinski definition) is 2. The first-order chi connectivity index (χ1) is 9.84. The third-order valence-corrected chi connectivity index (χ3v) is 4.42. The summed E-state index contributed by atoms with van der Waals surface area (Å²) in [5.41, 5.74) is 8.71. The van der Waals surface area contributed by atoms with Crippen LogP contribution >= 0.6 is 12.4 Å². The van der Waals surface area contributed by atoms with Gasteiger partial charge in [0.2, 0.25) is 0 Å². The molecular formula is C16H26ClN3O2. The van der Waals surface area contributed by atoms with Gasteiger partial charge in [0.15, 0.2) is 5.78 Å². The number of halogens is 1. The van der Waals surface area contributed by atoms with Crippen LogP contribution in [-0.4, -0.2) is 40.2 Å². The van der Waals surface area contributed by atoms with Crippen LogP contribution in [0.3, 0.4) is 0 Å². The van der Waals surface area contributed by atoms with Gasteiger partial charge in [0.25, 0.3) is 5.91 Å². The lowest BCUT2D eigenvalue weighted by atomic mass is 9.96. The first-order valence-electron chi connectivity index (χ1n) is 7.61. The Morgan fingerprint density at radius 2 is 1.95 bits per heavy atom. The molecule has 3 N–H and O–H groups in total. The van der Waals surface area contributed by atoms with E-state index in [0.29, 0.717) is 11.3 Å². The molecule has 1 aliphatic rings. The van der Waals surface area contributed by atoms with Gasteiger partial charge in [-0.15, -0.1) is 12.4 Å². The number of H-pyrrole nitrogens is 1. The smallest absolute Gasteiger partial charge is 0.270 e. The molecule has 5 nitrogen and oxygen atoms in total. The van der Waals surface area contributed by atoms with Crippen LogP contribution in [0.25, 0.3) is 0 Å². The van der Waals surface area contributed by atoms with Gasteiger partial charge in [-0.2, -0.15) is 0 Å². The van der Waals surface area contributed by atoms with Crippen LogP contribution in [0.4, 0.5) is 0 Å². The van der Waals surface area contributed by atoms with Gasteiger partial charge in [-0.3, -0.25) is 9.59 Å². The van der Waals surface area contributed by atoms with E-state index in [-0.39, 0.29) is 36.2 Å². The average molecular weight is 328 g/mol. The number of aromatic amines is 1. The summed E-state index contributed by atoms with van der Waals surface area (Å²) < 4.78 is 0. The van der Waals surface area contributed by atoms with Crippen LogP contribution in [-0.2, 0) is 0 Å². The lowest BCUT2D eigenvalue weighted by Gasteiger charge is -2.38. The van der Waals surface area contributed by atoms with Crippen LogP contribution in [0.15, 0.2) is 0 Å². The van der Waals surface area contributed by atoms with Crippen LogP contribution in [0.2, 0.25) is 0 Å². The van der Waals surface area contributed by atoms with E-state index in [4.69, 9.17) is 5.73 Å². The number of likely N-dealkylation sites (tertiary alicyclic amines) is 1. The molecule has 2 unspecified atom stereocenters. The van der Waals surface area contributed by atoms with E-state index in [2.05, 4.69) is 4.98 Å². The maximum atomic E-state index is 12.9. The summed E-state index contributed by atoms with van der Waals surface area (Å²) in [6.07, 6.45) is 3.06. The lowest BCUT2D eigenvalue weighted by Crippen LogP contribution is -2.51. The summed E-state index contributed by atoms with van der Waals surface area (Å²) in [5, 5.41) is 0. The standard InChI is InChI=1S/C16H25N3O2.ClH/c1-9-14(12(4)20)11(3)18-15(9)16(21)19-8-6-5-7-13(19)10(2)17;/h10,13,18H,5-8,17H2,1-4H3;1H. The molecule has 124 valence electrons. The van der Waals surface area contributed by atoms with Crippen molar-refractivity contribution < 1.29 is 9.59 Å². The van der Waals surface area contributed by atoms with Crippen molar-refractivity contribution in [1.82, 2.24) is 9.88 Å². The SMILES string of the molecule is CC(=O)c1c(C)[nH]c(C(=O)N2CCCCC2C(C)N)c1C.Cl. The van der Waals surface area contributed by atoms with Crippen molar-refractivity contribution in [3.8, 4) is 0 Å². The number of aromatic nitrogens is 1. The van der Waals surface area contributed by atoms with Gasteiger partial charge < -0.3 is 15.6 Å². The lowest BCUT2D eigenvalue weighted by molar-refractivity contribution is 0.0577. The number of nitrogens with one attached hydrogen (secondary N) is 1. The Labute approximate surface area is 138 Å². The summed E-state index contributed by atoms with van der Waals surface area (Å²) >= 11 is 0. The fourth-order valence-electron chi connectivity index (χ4n) is 3.39. The average Bonchev–Trinajstić information content (AvgIpc) is 2.73. The number of nitrogens with zero attached hydrogens (tertiary/aromatic N) is 1. The first-order valence-corrected chi connectivity index (χ1v) is 7.61. The molecule has 1 aliphatic heterocycles. The number of nitrogens with two attached hydrogens (primary N) is 1.